The molecular formula is C57H34N4O2. The lowest BCUT2D eigenvalue weighted by Gasteiger charge is -2.10. The second kappa shape index (κ2) is 14.0. The van der Waals surface area contributed by atoms with E-state index in [1.165, 1.54) is 16.3 Å². The number of para-hydroxylation sites is 3. The maximum Gasteiger partial charge on any atom is 0.164 e. The van der Waals surface area contributed by atoms with Gasteiger partial charge in [-0.1, -0.05) is 146 Å². The van der Waals surface area contributed by atoms with Crippen molar-refractivity contribution in [3.63, 3.8) is 0 Å². The number of fused-ring (bicyclic) bond motifs is 9. The molecule has 0 aliphatic rings. The van der Waals surface area contributed by atoms with Crippen LogP contribution in [0, 0.1) is 0 Å². The zero-order valence-electron chi connectivity index (χ0n) is 33.7. The molecule has 0 atom stereocenters. The van der Waals surface area contributed by atoms with E-state index in [1.54, 1.807) is 0 Å². The van der Waals surface area contributed by atoms with E-state index >= 15 is 0 Å². The van der Waals surface area contributed by atoms with Gasteiger partial charge in [0.2, 0.25) is 0 Å². The molecule has 0 bridgehead atoms. The van der Waals surface area contributed by atoms with Gasteiger partial charge in [-0.05, 0) is 82.9 Å². The largest absolute Gasteiger partial charge is 0.456 e. The van der Waals surface area contributed by atoms with Crippen molar-refractivity contribution in [2.45, 2.75) is 0 Å². The summed E-state index contributed by atoms with van der Waals surface area (Å²) in [4.78, 5) is 15.6. The zero-order chi connectivity index (χ0) is 41.4. The Kier molecular flexibility index (Phi) is 7.80. The Balaban J connectivity index is 0.985. The molecule has 0 aliphatic carbocycles. The van der Waals surface area contributed by atoms with Gasteiger partial charge < -0.3 is 13.4 Å². The summed E-state index contributed by atoms with van der Waals surface area (Å²) in [6.07, 6.45) is 0. The molecular weight excluding hydrogens is 773 g/mol. The van der Waals surface area contributed by atoms with Crippen LogP contribution >= 0.6 is 0 Å². The summed E-state index contributed by atoms with van der Waals surface area (Å²) in [6, 6.07) is 71.6. The molecule has 4 heterocycles. The highest BCUT2D eigenvalue weighted by Gasteiger charge is 2.20. The van der Waals surface area contributed by atoms with Crippen LogP contribution in [0.15, 0.2) is 215 Å². The van der Waals surface area contributed by atoms with Gasteiger partial charge in [-0.3, -0.25) is 0 Å². The summed E-state index contributed by atoms with van der Waals surface area (Å²) in [5.74, 6) is 1.68. The van der Waals surface area contributed by atoms with Gasteiger partial charge in [-0.2, -0.15) is 0 Å². The van der Waals surface area contributed by atoms with Crippen molar-refractivity contribution >= 4 is 65.7 Å². The van der Waals surface area contributed by atoms with Gasteiger partial charge in [0, 0.05) is 54.7 Å². The lowest BCUT2D eigenvalue weighted by atomic mass is 9.99. The zero-order valence-corrected chi connectivity index (χ0v) is 33.7. The molecule has 0 aliphatic heterocycles. The van der Waals surface area contributed by atoms with Gasteiger partial charge in [0.25, 0.3) is 0 Å². The Morgan fingerprint density at radius 1 is 0.302 bits per heavy atom. The summed E-state index contributed by atoms with van der Waals surface area (Å²) < 4.78 is 15.2. The van der Waals surface area contributed by atoms with Crippen LogP contribution in [0.4, 0.5) is 0 Å². The van der Waals surface area contributed by atoms with Crippen molar-refractivity contribution in [2.24, 2.45) is 0 Å². The first-order chi connectivity index (χ1) is 31.2. The van der Waals surface area contributed by atoms with Crippen LogP contribution in [0.25, 0.3) is 128 Å². The summed E-state index contributed by atoms with van der Waals surface area (Å²) >= 11 is 0. The fraction of sp³-hybridized carbons (Fsp3) is 0. The number of furan rings is 2. The highest BCUT2D eigenvalue weighted by Crippen LogP contribution is 2.41. The fourth-order valence-corrected chi connectivity index (χ4v) is 9.26. The predicted octanol–water partition coefficient (Wildman–Crippen LogP) is 15.1. The topological polar surface area (TPSA) is 69.9 Å². The fourth-order valence-electron chi connectivity index (χ4n) is 9.26. The minimum absolute atomic E-state index is 0.553. The maximum atomic E-state index is 6.57. The Bertz CT molecular complexity index is 3900. The van der Waals surface area contributed by atoms with E-state index in [4.69, 9.17) is 23.8 Å². The average molecular weight is 807 g/mol. The van der Waals surface area contributed by atoms with E-state index in [1.807, 2.05) is 42.5 Å². The van der Waals surface area contributed by atoms with Crippen LogP contribution in [-0.4, -0.2) is 19.5 Å². The third kappa shape index (κ3) is 5.76. The SMILES string of the molecule is c1ccc(-c2ccc(-c3nc(-c4ccc5c(c4)oc4ccccc45)nc(-c4cccc5oc6ccc(-c7ccc8c9ccccc9n(-c9ccccc9)c8c7)cc6c45)n3)cc2)cc1. The van der Waals surface area contributed by atoms with Crippen LogP contribution in [0.1, 0.15) is 0 Å². The molecule has 0 fully saturated rings. The lowest BCUT2D eigenvalue weighted by Crippen LogP contribution is -2.00. The first-order valence-corrected chi connectivity index (χ1v) is 21.1. The first kappa shape index (κ1) is 35.2. The molecule has 294 valence electrons. The molecule has 4 aromatic heterocycles. The van der Waals surface area contributed by atoms with E-state index < -0.39 is 0 Å². The quantitative estimate of drug-likeness (QED) is 0.167. The first-order valence-electron chi connectivity index (χ1n) is 21.1. The van der Waals surface area contributed by atoms with Crippen molar-refractivity contribution in [3.8, 4) is 62.1 Å². The number of rotatable bonds is 6. The molecule has 9 aromatic carbocycles. The average Bonchev–Trinajstić information content (AvgIpc) is 4.03. The Morgan fingerprint density at radius 3 is 1.71 bits per heavy atom. The van der Waals surface area contributed by atoms with Crippen LogP contribution in [0.5, 0.6) is 0 Å². The van der Waals surface area contributed by atoms with E-state index in [0.29, 0.717) is 17.5 Å². The van der Waals surface area contributed by atoms with Crippen molar-refractivity contribution in [1.29, 1.82) is 0 Å². The van der Waals surface area contributed by atoms with Gasteiger partial charge in [0.05, 0.1) is 11.0 Å². The number of benzene rings is 9. The van der Waals surface area contributed by atoms with Crippen molar-refractivity contribution in [3.05, 3.63) is 206 Å². The maximum absolute atomic E-state index is 6.57. The number of nitrogens with zero attached hydrogens (tertiary/aromatic N) is 4. The highest BCUT2D eigenvalue weighted by molar-refractivity contribution is 6.14. The molecule has 0 unspecified atom stereocenters. The van der Waals surface area contributed by atoms with Crippen LogP contribution in [0.3, 0.4) is 0 Å². The Hall–Kier alpha value is -8.61. The molecule has 6 heteroatoms. The normalized spacial score (nSPS) is 11.8. The smallest absolute Gasteiger partial charge is 0.164 e. The van der Waals surface area contributed by atoms with Crippen molar-refractivity contribution < 1.29 is 8.83 Å². The molecule has 0 N–H and O–H groups in total. The lowest BCUT2D eigenvalue weighted by molar-refractivity contribution is 0.668. The van der Waals surface area contributed by atoms with Gasteiger partial charge in [0.1, 0.15) is 22.3 Å². The number of hydrogen-bond donors (Lipinski definition) is 0. The van der Waals surface area contributed by atoms with Crippen molar-refractivity contribution in [1.82, 2.24) is 19.5 Å². The molecule has 13 aromatic rings. The summed E-state index contributed by atoms with van der Waals surface area (Å²) in [6.45, 7) is 0. The van der Waals surface area contributed by atoms with Crippen LogP contribution in [0.2, 0.25) is 0 Å². The van der Waals surface area contributed by atoms with E-state index in [9.17, 15) is 0 Å². The molecule has 0 saturated heterocycles. The summed E-state index contributed by atoms with van der Waals surface area (Å²) in [7, 11) is 0. The highest BCUT2D eigenvalue weighted by atomic mass is 16.3. The van der Waals surface area contributed by atoms with Crippen LogP contribution < -0.4 is 0 Å². The minimum atomic E-state index is 0.553. The monoisotopic (exact) mass is 806 g/mol. The Morgan fingerprint density at radius 2 is 0.857 bits per heavy atom. The molecule has 63 heavy (non-hydrogen) atoms. The summed E-state index contributed by atoms with van der Waals surface area (Å²) in [5, 5.41) is 6.50. The molecule has 0 spiro atoms. The van der Waals surface area contributed by atoms with Crippen molar-refractivity contribution in [2.75, 3.05) is 0 Å². The molecule has 0 amide bonds. The third-order valence-corrected chi connectivity index (χ3v) is 12.3. The third-order valence-electron chi connectivity index (χ3n) is 12.3. The summed E-state index contributed by atoms with van der Waals surface area (Å²) in [5.41, 5.74) is 13.7. The molecule has 6 nitrogen and oxygen atoms in total. The van der Waals surface area contributed by atoms with Gasteiger partial charge >= 0.3 is 0 Å². The number of hydrogen-bond acceptors (Lipinski definition) is 5. The molecule has 0 radical (unpaired) electrons. The van der Waals surface area contributed by atoms with Gasteiger partial charge in [-0.25, -0.2) is 15.0 Å². The Labute approximate surface area is 361 Å². The van der Waals surface area contributed by atoms with Gasteiger partial charge in [0.15, 0.2) is 17.5 Å². The second-order valence-corrected chi connectivity index (χ2v) is 16.0. The second-order valence-electron chi connectivity index (χ2n) is 16.0. The van der Waals surface area contributed by atoms with Gasteiger partial charge in [-0.15, -0.1) is 0 Å². The molecule has 13 rings (SSSR count). The van der Waals surface area contributed by atoms with E-state index in [-0.39, 0.29) is 0 Å². The standard InChI is InChI=1S/C57H34N4O2/c1-3-12-35(13-4-1)36-22-24-37(25-23-36)55-58-56(40-27-30-45-44-17-8-10-20-50(44)63-53(45)34-40)60-57(59-55)46-18-11-21-52-54(46)47-32-38(28-31-51(47)62-52)39-26-29-43-42-16-7-9-19-48(42)61(49(43)33-39)41-14-5-2-6-15-41/h1-34H. The van der Waals surface area contributed by atoms with Crippen LogP contribution in [-0.2, 0) is 0 Å². The predicted molar refractivity (Wildman–Crippen MR) is 256 cm³/mol. The number of aromatic nitrogens is 4. The minimum Gasteiger partial charge on any atom is -0.456 e. The van der Waals surface area contributed by atoms with E-state index in [0.717, 1.165) is 94.0 Å². The van der Waals surface area contributed by atoms with E-state index in [2.05, 4.69) is 168 Å². The molecule has 0 saturated carbocycles.